The van der Waals surface area contributed by atoms with Crippen LogP contribution in [0, 0.1) is 5.92 Å². The zero-order valence-corrected chi connectivity index (χ0v) is 17.1. The van der Waals surface area contributed by atoms with Gasteiger partial charge in [-0.3, -0.25) is 9.69 Å². The van der Waals surface area contributed by atoms with E-state index in [0.717, 1.165) is 25.1 Å². The third kappa shape index (κ3) is 6.86. The van der Waals surface area contributed by atoms with Gasteiger partial charge in [0.2, 0.25) is 0 Å². The van der Waals surface area contributed by atoms with E-state index in [4.69, 9.17) is 4.74 Å². The number of hydrogen-bond donors (Lipinski definition) is 2. The number of carbonyl (C=O) groups excluding carboxylic acids is 2. The number of carbonyl (C=O) groups is 2. The number of rotatable bonds is 7. The summed E-state index contributed by atoms with van der Waals surface area (Å²) in [6.07, 6.45) is 0.817. The van der Waals surface area contributed by atoms with Crippen molar-refractivity contribution in [3.63, 3.8) is 0 Å². The van der Waals surface area contributed by atoms with Crippen LogP contribution < -0.4 is 10.2 Å². The number of piperazine rings is 1. The van der Waals surface area contributed by atoms with E-state index in [1.165, 1.54) is 10.5 Å². The van der Waals surface area contributed by atoms with Crippen molar-refractivity contribution >= 4 is 12.0 Å². The van der Waals surface area contributed by atoms with E-state index < -0.39 is 0 Å². The van der Waals surface area contributed by atoms with E-state index in [0.29, 0.717) is 32.2 Å². The lowest BCUT2D eigenvalue weighted by Gasteiger charge is -2.31. The van der Waals surface area contributed by atoms with Crippen LogP contribution in [0.3, 0.4) is 0 Å². The molecular formula is C21H34N3O3+. The lowest BCUT2D eigenvalue weighted by molar-refractivity contribution is -0.896. The largest absolute Gasteiger partial charge is 0.450 e. The molecule has 0 aliphatic carbocycles. The maximum absolute atomic E-state index is 12.4. The van der Waals surface area contributed by atoms with Gasteiger partial charge in [-0.1, -0.05) is 38.1 Å². The Hall–Kier alpha value is -2.08. The summed E-state index contributed by atoms with van der Waals surface area (Å²) in [5.41, 5.74) is 2.45. The first-order chi connectivity index (χ1) is 12.9. The van der Waals surface area contributed by atoms with Gasteiger partial charge < -0.3 is 15.0 Å². The molecule has 0 aromatic heterocycles. The minimum atomic E-state index is -0.254. The highest BCUT2D eigenvalue weighted by molar-refractivity contribution is 5.77. The van der Waals surface area contributed by atoms with Crippen molar-refractivity contribution in [1.82, 2.24) is 10.2 Å². The van der Waals surface area contributed by atoms with Crippen LogP contribution in [0.1, 0.15) is 44.9 Å². The van der Waals surface area contributed by atoms with Gasteiger partial charge in [-0.15, -0.1) is 0 Å². The molecule has 6 heteroatoms. The zero-order valence-electron chi connectivity index (χ0n) is 17.1. The maximum Gasteiger partial charge on any atom is 0.410 e. The third-order valence-corrected chi connectivity index (χ3v) is 4.91. The van der Waals surface area contributed by atoms with Crippen molar-refractivity contribution in [3.05, 3.63) is 35.4 Å². The van der Waals surface area contributed by atoms with Crippen molar-refractivity contribution in [3.8, 4) is 0 Å². The van der Waals surface area contributed by atoms with E-state index in [9.17, 15) is 9.59 Å². The summed E-state index contributed by atoms with van der Waals surface area (Å²) in [6, 6.07) is 8.50. The quantitative estimate of drug-likeness (QED) is 0.757. The molecule has 27 heavy (non-hydrogen) atoms. The van der Waals surface area contributed by atoms with Crippen LogP contribution in [-0.2, 0) is 16.0 Å². The molecule has 0 radical (unpaired) electrons. The Balaban J connectivity index is 1.76. The van der Waals surface area contributed by atoms with Crippen LogP contribution in [-0.4, -0.2) is 56.2 Å². The molecule has 1 saturated heterocycles. The number of nitrogens with zero attached hydrogens (tertiary/aromatic N) is 1. The summed E-state index contributed by atoms with van der Waals surface area (Å²) >= 11 is 0. The molecule has 2 rings (SSSR count). The van der Waals surface area contributed by atoms with E-state index >= 15 is 0 Å². The summed E-state index contributed by atoms with van der Waals surface area (Å²) in [5.74, 6) is 0.689. The summed E-state index contributed by atoms with van der Waals surface area (Å²) in [6.45, 7) is 11.9. The topological polar surface area (TPSA) is 63.1 Å². The molecule has 1 aliphatic rings. The summed E-state index contributed by atoms with van der Waals surface area (Å²) < 4.78 is 5.03. The van der Waals surface area contributed by atoms with Gasteiger partial charge in [0.05, 0.1) is 38.8 Å². The number of benzene rings is 1. The first-order valence-corrected chi connectivity index (χ1v) is 10.0. The summed E-state index contributed by atoms with van der Waals surface area (Å²) in [4.78, 5) is 27.0. The van der Waals surface area contributed by atoms with Crippen LogP contribution in [0.15, 0.2) is 24.3 Å². The summed E-state index contributed by atoms with van der Waals surface area (Å²) in [7, 11) is 0. The second-order valence-corrected chi connectivity index (χ2v) is 7.74. The maximum atomic E-state index is 12.4. The summed E-state index contributed by atoms with van der Waals surface area (Å²) in [5, 5.41) is 3.09. The van der Waals surface area contributed by atoms with E-state index in [-0.39, 0.29) is 18.0 Å². The molecule has 0 bridgehead atoms. The fourth-order valence-corrected chi connectivity index (χ4v) is 3.41. The fraction of sp³-hybridized carbons (Fsp3) is 0.619. The van der Waals surface area contributed by atoms with Crippen molar-refractivity contribution in [1.29, 1.82) is 0 Å². The first-order valence-electron chi connectivity index (χ1n) is 10.0. The van der Waals surface area contributed by atoms with Crippen molar-refractivity contribution in [2.24, 2.45) is 5.92 Å². The second-order valence-electron chi connectivity index (χ2n) is 7.74. The SMILES string of the molecule is CCOC(=O)N1CC[NH+](CC(=O)N[C@@H](C)c2ccc(CC(C)C)cc2)CC1. The Kier molecular flexibility index (Phi) is 8.10. The first kappa shape index (κ1) is 21.2. The molecule has 0 spiro atoms. The van der Waals surface area contributed by atoms with Crippen LogP contribution in [0.4, 0.5) is 4.79 Å². The van der Waals surface area contributed by atoms with Crippen LogP contribution >= 0.6 is 0 Å². The molecule has 2 N–H and O–H groups in total. The van der Waals surface area contributed by atoms with Gasteiger partial charge in [0, 0.05) is 0 Å². The predicted octanol–water partition coefficient (Wildman–Crippen LogP) is 1.42. The van der Waals surface area contributed by atoms with Crippen LogP contribution in [0.5, 0.6) is 0 Å². The molecular weight excluding hydrogens is 342 g/mol. The highest BCUT2D eigenvalue weighted by Crippen LogP contribution is 2.15. The molecule has 0 unspecified atom stereocenters. The van der Waals surface area contributed by atoms with Gasteiger partial charge in [-0.2, -0.15) is 0 Å². The van der Waals surface area contributed by atoms with Crippen molar-refractivity contribution in [2.75, 3.05) is 39.3 Å². The monoisotopic (exact) mass is 376 g/mol. The molecule has 1 aromatic carbocycles. The molecule has 6 nitrogen and oxygen atoms in total. The number of amides is 2. The normalized spacial score (nSPS) is 16.3. The van der Waals surface area contributed by atoms with E-state index in [1.54, 1.807) is 4.90 Å². The molecule has 1 heterocycles. The van der Waals surface area contributed by atoms with Crippen LogP contribution in [0.2, 0.25) is 0 Å². The molecule has 150 valence electrons. The molecule has 1 aromatic rings. The van der Waals surface area contributed by atoms with E-state index in [2.05, 4.69) is 43.4 Å². The third-order valence-electron chi connectivity index (χ3n) is 4.91. The van der Waals surface area contributed by atoms with Crippen LogP contribution in [0.25, 0.3) is 0 Å². The standard InChI is InChI=1S/C21H33N3O3/c1-5-27-21(26)24-12-10-23(11-13-24)15-20(25)22-17(4)19-8-6-18(7-9-19)14-16(2)3/h6-9,16-17H,5,10-15H2,1-4H3,(H,22,25)/p+1/t17-/m0/s1. The molecule has 2 amide bonds. The Morgan fingerprint density at radius 2 is 1.78 bits per heavy atom. The zero-order chi connectivity index (χ0) is 19.8. The van der Waals surface area contributed by atoms with Gasteiger partial charge in [0.1, 0.15) is 0 Å². The average Bonchev–Trinajstić information content (AvgIpc) is 2.62. The predicted molar refractivity (Wildman–Crippen MR) is 106 cm³/mol. The highest BCUT2D eigenvalue weighted by atomic mass is 16.6. The Morgan fingerprint density at radius 3 is 2.33 bits per heavy atom. The average molecular weight is 377 g/mol. The Morgan fingerprint density at radius 1 is 1.15 bits per heavy atom. The lowest BCUT2D eigenvalue weighted by atomic mass is 10.00. The number of nitrogens with one attached hydrogen (secondary N) is 2. The minimum absolute atomic E-state index is 0.00850. The number of ether oxygens (including phenoxy) is 1. The van der Waals surface area contributed by atoms with Crippen molar-refractivity contribution in [2.45, 2.75) is 40.2 Å². The molecule has 1 fully saturated rings. The smallest absolute Gasteiger partial charge is 0.410 e. The fourth-order valence-electron chi connectivity index (χ4n) is 3.41. The van der Waals surface area contributed by atoms with Gasteiger partial charge >= 0.3 is 6.09 Å². The second kappa shape index (κ2) is 10.3. The Bertz CT molecular complexity index is 608. The molecule has 0 saturated carbocycles. The Labute approximate surface area is 162 Å². The van der Waals surface area contributed by atoms with Gasteiger partial charge in [-0.25, -0.2) is 4.79 Å². The minimum Gasteiger partial charge on any atom is -0.450 e. The van der Waals surface area contributed by atoms with Gasteiger partial charge in [-0.05, 0) is 37.3 Å². The van der Waals surface area contributed by atoms with Gasteiger partial charge in [0.25, 0.3) is 5.91 Å². The lowest BCUT2D eigenvalue weighted by Crippen LogP contribution is -3.15. The van der Waals surface area contributed by atoms with Crippen molar-refractivity contribution < 1.29 is 19.2 Å². The van der Waals surface area contributed by atoms with E-state index in [1.807, 2.05) is 13.8 Å². The highest BCUT2D eigenvalue weighted by Gasteiger charge is 2.26. The number of hydrogen-bond acceptors (Lipinski definition) is 3. The number of quaternary nitrogens is 1. The molecule has 1 atom stereocenters. The molecule has 1 aliphatic heterocycles. The van der Waals surface area contributed by atoms with Gasteiger partial charge in [0.15, 0.2) is 6.54 Å².